The zero-order chi connectivity index (χ0) is 10.4. The SMILES string of the molecule is CCC(C)C(NC(=O)OC)C(=O)O. The van der Waals surface area contributed by atoms with Crippen LogP contribution in [0.4, 0.5) is 4.79 Å². The molecule has 2 unspecified atom stereocenters. The zero-order valence-corrected chi connectivity index (χ0v) is 8.03. The van der Waals surface area contributed by atoms with Gasteiger partial charge in [-0.3, -0.25) is 0 Å². The van der Waals surface area contributed by atoms with E-state index in [0.29, 0.717) is 6.42 Å². The van der Waals surface area contributed by atoms with E-state index in [2.05, 4.69) is 10.1 Å². The van der Waals surface area contributed by atoms with Gasteiger partial charge >= 0.3 is 12.1 Å². The van der Waals surface area contributed by atoms with Crippen molar-refractivity contribution in [3.8, 4) is 0 Å². The Morgan fingerprint density at radius 2 is 2.08 bits per heavy atom. The molecule has 0 saturated carbocycles. The van der Waals surface area contributed by atoms with Gasteiger partial charge in [-0.05, 0) is 5.92 Å². The average Bonchev–Trinajstić information content (AvgIpc) is 2.11. The molecule has 5 heteroatoms. The van der Waals surface area contributed by atoms with Gasteiger partial charge in [-0.2, -0.15) is 0 Å². The first kappa shape index (κ1) is 11.7. The number of amides is 1. The first-order valence-electron chi connectivity index (χ1n) is 4.10. The first-order valence-corrected chi connectivity index (χ1v) is 4.10. The van der Waals surface area contributed by atoms with Gasteiger partial charge in [0.2, 0.25) is 0 Å². The van der Waals surface area contributed by atoms with Crippen molar-refractivity contribution in [1.82, 2.24) is 5.32 Å². The number of alkyl carbamates (subject to hydrolysis) is 1. The average molecular weight is 189 g/mol. The van der Waals surface area contributed by atoms with Gasteiger partial charge in [-0.1, -0.05) is 20.3 Å². The third-order valence-electron chi connectivity index (χ3n) is 1.94. The second-order valence-electron chi connectivity index (χ2n) is 2.84. The number of aliphatic carboxylic acids is 1. The van der Waals surface area contributed by atoms with E-state index in [1.807, 2.05) is 6.92 Å². The summed E-state index contributed by atoms with van der Waals surface area (Å²) in [6.07, 6.45) is -0.0336. The second-order valence-corrected chi connectivity index (χ2v) is 2.84. The molecule has 0 aliphatic carbocycles. The highest BCUT2D eigenvalue weighted by Gasteiger charge is 2.25. The summed E-state index contributed by atoms with van der Waals surface area (Å²) in [5.41, 5.74) is 0. The molecule has 76 valence electrons. The quantitative estimate of drug-likeness (QED) is 0.687. The molecule has 1 amide bonds. The van der Waals surface area contributed by atoms with Gasteiger partial charge in [0.1, 0.15) is 6.04 Å². The van der Waals surface area contributed by atoms with Gasteiger partial charge in [0, 0.05) is 0 Å². The van der Waals surface area contributed by atoms with E-state index in [0.717, 1.165) is 0 Å². The van der Waals surface area contributed by atoms with Gasteiger partial charge in [0.25, 0.3) is 0 Å². The number of nitrogens with one attached hydrogen (secondary N) is 1. The van der Waals surface area contributed by atoms with Crippen molar-refractivity contribution < 1.29 is 19.4 Å². The predicted octanol–water partition coefficient (Wildman–Crippen LogP) is 0.842. The molecule has 0 fully saturated rings. The van der Waals surface area contributed by atoms with E-state index in [9.17, 15) is 9.59 Å². The highest BCUT2D eigenvalue weighted by molar-refractivity contribution is 5.80. The molecule has 0 aromatic rings. The molecule has 0 rings (SSSR count). The molecule has 0 aromatic carbocycles. The van der Waals surface area contributed by atoms with Crippen LogP contribution in [0.2, 0.25) is 0 Å². The number of carboxylic acid groups (broad SMARTS) is 1. The van der Waals surface area contributed by atoms with Gasteiger partial charge in [0.05, 0.1) is 7.11 Å². The van der Waals surface area contributed by atoms with Crippen molar-refractivity contribution in [3.63, 3.8) is 0 Å². The summed E-state index contributed by atoms with van der Waals surface area (Å²) >= 11 is 0. The molecule has 0 aliphatic rings. The number of carboxylic acids is 1. The molecular formula is C8H15NO4. The lowest BCUT2D eigenvalue weighted by molar-refractivity contribution is -0.140. The Labute approximate surface area is 77.1 Å². The topological polar surface area (TPSA) is 75.6 Å². The lowest BCUT2D eigenvalue weighted by Gasteiger charge is -2.18. The number of hydrogen-bond acceptors (Lipinski definition) is 3. The monoisotopic (exact) mass is 189 g/mol. The third-order valence-corrected chi connectivity index (χ3v) is 1.94. The highest BCUT2D eigenvalue weighted by Crippen LogP contribution is 2.07. The summed E-state index contributed by atoms with van der Waals surface area (Å²) in [4.78, 5) is 21.4. The Kier molecular flexibility index (Phi) is 4.87. The van der Waals surface area contributed by atoms with E-state index in [-0.39, 0.29) is 5.92 Å². The minimum absolute atomic E-state index is 0.114. The summed E-state index contributed by atoms with van der Waals surface area (Å²) in [6, 6.07) is -0.877. The van der Waals surface area contributed by atoms with Crippen LogP contribution in [0.25, 0.3) is 0 Å². The molecule has 0 radical (unpaired) electrons. The van der Waals surface area contributed by atoms with E-state index in [1.165, 1.54) is 7.11 Å². The standard InChI is InChI=1S/C8H15NO4/c1-4-5(2)6(7(10)11)9-8(12)13-3/h5-6H,4H2,1-3H3,(H,9,12)(H,10,11). The van der Waals surface area contributed by atoms with Crippen molar-refractivity contribution in [3.05, 3.63) is 0 Å². The van der Waals surface area contributed by atoms with Crippen molar-refractivity contribution in [2.45, 2.75) is 26.3 Å². The fourth-order valence-electron chi connectivity index (χ4n) is 0.869. The van der Waals surface area contributed by atoms with Crippen LogP contribution in [-0.4, -0.2) is 30.3 Å². The van der Waals surface area contributed by atoms with Crippen LogP contribution in [0.3, 0.4) is 0 Å². The molecule has 13 heavy (non-hydrogen) atoms. The molecule has 0 aromatic heterocycles. The predicted molar refractivity (Wildman–Crippen MR) is 46.4 cm³/mol. The summed E-state index contributed by atoms with van der Waals surface area (Å²) in [7, 11) is 1.20. The molecule has 0 spiro atoms. The normalized spacial score (nSPS) is 14.4. The van der Waals surface area contributed by atoms with E-state index >= 15 is 0 Å². The molecular weight excluding hydrogens is 174 g/mol. The molecule has 0 aliphatic heterocycles. The van der Waals surface area contributed by atoms with Crippen LogP contribution in [0.15, 0.2) is 0 Å². The Morgan fingerprint density at radius 1 is 1.54 bits per heavy atom. The number of hydrogen-bond donors (Lipinski definition) is 2. The lowest BCUT2D eigenvalue weighted by Crippen LogP contribution is -2.44. The molecule has 0 saturated heterocycles. The maximum atomic E-state index is 10.8. The van der Waals surface area contributed by atoms with Crippen molar-refractivity contribution in [2.75, 3.05) is 7.11 Å². The number of carbonyl (C=O) groups is 2. The summed E-state index contributed by atoms with van der Waals surface area (Å²) in [6.45, 7) is 3.62. The van der Waals surface area contributed by atoms with Crippen LogP contribution >= 0.6 is 0 Å². The number of methoxy groups -OCH3 is 1. The Bertz CT molecular complexity index is 193. The van der Waals surface area contributed by atoms with Crippen LogP contribution in [-0.2, 0) is 9.53 Å². The van der Waals surface area contributed by atoms with Crippen LogP contribution < -0.4 is 5.32 Å². The largest absolute Gasteiger partial charge is 0.480 e. The molecule has 0 heterocycles. The number of rotatable bonds is 4. The van der Waals surface area contributed by atoms with Gasteiger partial charge in [0.15, 0.2) is 0 Å². The minimum Gasteiger partial charge on any atom is -0.480 e. The van der Waals surface area contributed by atoms with Crippen LogP contribution in [0.1, 0.15) is 20.3 Å². The van der Waals surface area contributed by atoms with Crippen LogP contribution in [0, 0.1) is 5.92 Å². The minimum atomic E-state index is -1.04. The van der Waals surface area contributed by atoms with E-state index in [4.69, 9.17) is 5.11 Å². The first-order chi connectivity index (χ1) is 6.02. The van der Waals surface area contributed by atoms with Gasteiger partial charge in [-0.25, -0.2) is 9.59 Å². The van der Waals surface area contributed by atoms with Crippen LogP contribution in [0.5, 0.6) is 0 Å². The van der Waals surface area contributed by atoms with E-state index < -0.39 is 18.1 Å². The van der Waals surface area contributed by atoms with E-state index in [1.54, 1.807) is 6.92 Å². The fourth-order valence-corrected chi connectivity index (χ4v) is 0.869. The number of ether oxygens (including phenoxy) is 1. The lowest BCUT2D eigenvalue weighted by atomic mass is 10.00. The molecule has 2 atom stereocenters. The maximum absolute atomic E-state index is 10.8. The summed E-state index contributed by atoms with van der Waals surface area (Å²) in [5.74, 6) is -1.16. The number of carbonyl (C=O) groups excluding carboxylic acids is 1. The van der Waals surface area contributed by atoms with Gasteiger partial charge in [-0.15, -0.1) is 0 Å². The smallest absolute Gasteiger partial charge is 0.407 e. The van der Waals surface area contributed by atoms with Crippen molar-refractivity contribution in [1.29, 1.82) is 0 Å². The fraction of sp³-hybridized carbons (Fsp3) is 0.750. The summed E-state index contributed by atoms with van der Waals surface area (Å²) in [5, 5.41) is 11.0. The van der Waals surface area contributed by atoms with Crippen molar-refractivity contribution >= 4 is 12.1 Å². The Hall–Kier alpha value is -1.26. The zero-order valence-electron chi connectivity index (χ0n) is 8.03. The third kappa shape index (κ3) is 3.78. The molecule has 2 N–H and O–H groups in total. The Morgan fingerprint density at radius 3 is 2.38 bits per heavy atom. The highest BCUT2D eigenvalue weighted by atomic mass is 16.5. The summed E-state index contributed by atoms with van der Waals surface area (Å²) < 4.78 is 4.31. The molecule has 5 nitrogen and oxygen atoms in total. The van der Waals surface area contributed by atoms with Crippen molar-refractivity contribution in [2.24, 2.45) is 5.92 Å². The van der Waals surface area contributed by atoms with Gasteiger partial charge < -0.3 is 15.2 Å². The maximum Gasteiger partial charge on any atom is 0.407 e. The molecule has 0 bridgehead atoms. The Balaban J connectivity index is 4.26. The second kappa shape index (κ2) is 5.40.